The van der Waals surface area contributed by atoms with Gasteiger partial charge in [-0.15, -0.1) is 0 Å². The van der Waals surface area contributed by atoms with Gasteiger partial charge in [0.05, 0.1) is 6.26 Å². The van der Waals surface area contributed by atoms with Crippen LogP contribution in [-0.2, 0) is 24.2 Å². The lowest BCUT2D eigenvalue weighted by atomic mass is 9.98. The van der Waals surface area contributed by atoms with Gasteiger partial charge < -0.3 is 13.7 Å². The Morgan fingerprint density at radius 2 is 1.87 bits per heavy atom. The van der Waals surface area contributed by atoms with Crippen molar-refractivity contribution in [2.45, 2.75) is 39.7 Å². The third-order valence-electron chi connectivity index (χ3n) is 6.25. The Hall–Kier alpha value is -3.34. The molecule has 152 valence electrons. The molecular weight excluding hydrogens is 378 g/mol. The second kappa shape index (κ2) is 7.17. The van der Waals surface area contributed by atoms with E-state index in [2.05, 4.69) is 12.1 Å². The SMILES string of the molecule is Cc1coc2cc3oc(=O)c(CCC(=O)N4CCc5ccccc5C4)c(C)c3cc12. The van der Waals surface area contributed by atoms with Crippen molar-refractivity contribution in [3.05, 3.63) is 80.9 Å². The van der Waals surface area contributed by atoms with Gasteiger partial charge in [0.15, 0.2) is 0 Å². The zero-order chi connectivity index (χ0) is 20.8. The molecule has 0 saturated carbocycles. The van der Waals surface area contributed by atoms with E-state index in [9.17, 15) is 9.59 Å². The molecule has 2 aromatic heterocycles. The number of furan rings is 1. The molecule has 0 saturated heterocycles. The van der Waals surface area contributed by atoms with E-state index in [0.717, 1.165) is 34.9 Å². The largest absolute Gasteiger partial charge is 0.464 e. The summed E-state index contributed by atoms with van der Waals surface area (Å²) < 4.78 is 11.1. The van der Waals surface area contributed by atoms with Gasteiger partial charge in [-0.2, -0.15) is 0 Å². The molecule has 0 unspecified atom stereocenters. The van der Waals surface area contributed by atoms with Crippen LogP contribution < -0.4 is 5.63 Å². The van der Waals surface area contributed by atoms with Crippen molar-refractivity contribution in [2.75, 3.05) is 6.54 Å². The zero-order valence-electron chi connectivity index (χ0n) is 17.2. The monoisotopic (exact) mass is 401 g/mol. The molecule has 0 spiro atoms. The highest BCUT2D eigenvalue weighted by Crippen LogP contribution is 2.29. The van der Waals surface area contributed by atoms with E-state index in [1.807, 2.05) is 36.9 Å². The number of aryl methyl sites for hydroxylation is 2. The second-order valence-electron chi connectivity index (χ2n) is 8.09. The number of benzene rings is 2. The molecule has 5 heteroatoms. The minimum absolute atomic E-state index is 0.0736. The first-order valence-corrected chi connectivity index (χ1v) is 10.3. The molecule has 0 atom stereocenters. The second-order valence-corrected chi connectivity index (χ2v) is 8.09. The number of nitrogens with zero attached hydrogens (tertiary/aromatic N) is 1. The highest BCUT2D eigenvalue weighted by atomic mass is 16.4. The first-order valence-electron chi connectivity index (χ1n) is 10.3. The van der Waals surface area contributed by atoms with Crippen LogP contribution in [0, 0.1) is 13.8 Å². The van der Waals surface area contributed by atoms with E-state index >= 15 is 0 Å². The van der Waals surface area contributed by atoms with Crippen LogP contribution in [0.25, 0.3) is 21.9 Å². The number of fused-ring (bicyclic) bond motifs is 3. The summed E-state index contributed by atoms with van der Waals surface area (Å²) in [5.41, 5.74) is 5.86. The van der Waals surface area contributed by atoms with Crippen LogP contribution in [0.3, 0.4) is 0 Å². The Kier molecular flexibility index (Phi) is 4.46. The zero-order valence-corrected chi connectivity index (χ0v) is 17.2. The van der Waals surface area contributed by atoms with Gasteiger partial charge >= 0.3 is 5.63 Å². The Morgan fingerprint density at radius 1 is 1.07 bits per heavy atom. The fourth-order valence-corrected chi connectivity index (χ4v) is 4.43. The summed E-state index contributed by atoms with van der Waals surface area (Å²) in [6, 6.07) is 12.0. The normalized spacial score (nSPS) is 13.7. The molecular formula is C25H23NO4. The Morgan fingerprint density at radius 3 is 2.70 bits per heavy atom. The minimum Gasteiger partial charge on any atom is -0.464 e. The maximum Gasteiger partial charge on any atom is 0.339 e. The van der Waals surface area contributed by atoms with Crippen molar-refractivity contribution < 1.29 is 13.6 Å². The third kappa shape index (κ3) is 3.11. The molecule has 0 aliphatic carbocycles. The van der Waals surface area contributed by atoms with Crippen molar-refractivity contribution in [3.8, 4) is 0 Å². The Balaban J connectivity index is 1.40. The molecule has 30 heavy (non-hydrogen) atoms. The summed E-state index contributed by atoms with van der Waals surface area (Å²) in [5.74, 6) is 0.0736. The number of amides is 1. The van der Waals surface area contributed by atoms with E-state index in [0.29, 0.717) is 36.1 Å². The topological polar surface area (TPSA) is 63.7 Å². The Labute approximate surface area is 173 Å². The van der Waals surface area contributed by atoms with Crippen LogP contribution in [0.2, 0.25) is 0 Å². The summed E-state index contributed by atoms with van der Waals surface area (Å²) in [5, 5.41) is 1.90. The lowest BCUT2D eigenvalue weighted by Gasteiger charge is -2.29. The van der Waals surface area contributed by atoms with E-state index in [1.54, 1.807) is 12.3 Å². The summed E-state index contributed by atoms with van der Waals surface area (Å²) in [7, 11) is 0. The van der Waals surface area contributed by atoms with E-state index in [1.165, 1.54) is 11.1 Å². The lowest BCUT2D eigenvalue weighted by Crippen LogP contribution is -2.36. The average Bonchev–Trinajstić information content (AvgIpc) is 3.11. The van der Waals surface area contributed by atoms with Gasteiger partial charge in [-0.1, -0.05) is 24.3 Å². The number of hydrogen-bond acceptors (Lipinski definition) is 4. The van der Waals surface area contributed by atoms with Gasteiger partial charge in [-0.3, -0.25) is 4.79 Å². The Bertz CT molecular complexity index is 1340. The van der Waals surface area contributed by atoms with E-state index in [4.69, 9.17) is 8.83 Å². The van der Waals surface area contributed by atoms with E-state index < -0.39 is 0 Å². The molecule has 5 rings (SSSR count). The lowest BCUT2D eigenvalue weighted by molar-refractivity contribution is -0.132. The predicted octanol–water partition coefficient (Wildman–Crippen LogP) is 4.67. The van der Waals surface area contributed by atoms with Crippen LogP contribution in [0.4, 0.5) is 0 Å². The molecule has 5 nitrogen and oxygen atoms in total. The van der Waals surface area contributed by atoms with Gasteiger partial charge in [0.2, 0.25) is 5.91 Å². The molecule has 4 aromatic rings. The fourth-order valence-electron chi connectivity index (χ4n) is 4.43. The van der Waals surface area contributed by atoms with Crippen molar-refractivity contribution in [3.63, 3.8) is 0 Å². The number of hydrogen-bond donors (Lipinski definition) is 0. The molecule has 0 N–H and O–H groups in total. The van der Waals surface area contributed by atoms with Gasteiger partial charge in [-0.05, 0) is 55.0 Å². The molecule has 0 radical (unpaired) electrons. The highest BCUT2D eigenvalue weighted by molar-refractivity contribution is 5.96. The first kappa shape index (κ1) is 18.7. The van der Waals surface area contributed by atoms with Crippen molar-refractivity contribution >= 4 is 27.8 Å². The molecule has 2 aromatic carbocycles. The van der Waals surface area contributed by atoms with Crippen molar-refractivity contribution in [1.82, 2.24) is 4.90 Å². The molecule has 0 fully saturated rings. The smallest absolute Gasteiger partial charge is 0.339 e. The summed E-state index contributed by atoms with van der Waals surface area (Å²) in [6.07, 6.45) is 3.25. The number of carbonyl (C=O) groups is 1. The van der Waals surface area contributed by atoms with Crippen LogP contribution in [0.15, 0.2) is 56.3 Å². The molecule has 0 bridgehead atoms. The molecule has 3 heterocycles. The average molecular weight is 401 g/mol. The first-order chi connectivity index (χ1) is 14.5. The number of carbonyl (C=O) groups excluding carboxylic acids is 1. The van der Waals surface area contributed by atoms with Gasteiger partial charge in [0.25, 0.3) is 0 Å². The maximum atomic E-state index is 12.8. The highest BCUT2D eigenvalue weighted by Gasteiger charge is 2.21. The maximum absolute atomic E-state index is 12.8. The van der Waals surface area contributed by atoms with Crippen LogP contribution in [0.5, 0.6) is 0 Å². The van der Waals surface area contributed by atoms with Crippen LogP contribution in [0.1, 0.15) is 34.2 Å². The van der Waals surface area contributed by atoms with Gasteiger partial charge in [0.1, 0.15) is 11.2 Å². The van der Waals surface area contributed by atoms with Gasteiger partial charge in [-0.25, -0.2) is 4.79 Å². The minimum atomic E-state index is -0.376. The molecule has 1 aliphatic rings. The summed E-state index contributed by atoms with van der Waals surface area (Å²) in [6.45, 7) is 5.27. The van der Waals surface area contributed by atoms with Crippen molar-refractivity contribution in [2.24, 2.45) is 0 Å². The van der Waals surface area contributed by atoms with Crippen molar-refractivity contribution in [1.29, 1.82) is 0 Å². The molecule has 1 aliphatic heterocycles. The summed E-state index contributed by atoms with van der Waals surface area (Å²) in [4.78, 5) is 27.3. The summed E-state index contributed by atoms with van der Waals surface area (Å²) >= 11 is 0. The van der Waals surface area contributed by atoms with Crippen LogP contribution in [-0.4, -0.2) is 17.4 Å². The van der Waals surface area contributed by atoms with Gasteiger partial charge in [0, 0.05) is 41.9 Å². The molecule has 1 amide bonds. The number of rotatable bonds is 3. The standard InChI is InChI=1S/C25H23NO4/c1-15-14-29-22-12-23-21(11-20(15)22)16(2)19(25(28)30-23)7-8-24(27)26-10-9-17-5-3-4-6-18(17)13-26/h3-6,11-12,14H,7-10,13H2,1-2H3. The van der Waals surface area contributed by atoms with Crippen LogP contribution >= 0.6 is 0 Å². The third-order valence-corrected chi connectivity index (χ3v) is 6.25. The fraction of sp³-hybridized carbons (Fsp3) is 0.280. The predicted molar refractivity (Wildman–Crippen MR) is 116 cm³/mol. The van der Waals surface area contributed by atoms with E-state index in [-0.39, 0.29) is 11.5 Å². The quantitative estimate of drug-likeness (QED) is 0.468.